The minimum absolute atomic E-state index is 0.0801. The highest BCUT2D eigenvalue weighted by Gasteiger charge is 2.32. The summed E-state index contributed by atoms with van der Waals surface area (Å²) in [5.74, 6) is -0.942. The fraction of sp³-hybridized carbons (Fsp3) is 0.240. The van der Waals surface area contributed by atoms with Crippen LogP contribution >= 0.6 is 0 Å². The SMILES string of the molecule is Cc1ccc(F)c2c1C(CCNC(=O)c1cccc(-c3cccc(C(N)=O)c3)n1)C(C)N2. The van der Waals surface area contributed by atoms with E-state index < -0.39 is 5.91 Å². The van der Waals surface area contributed by atoms with Gasteiger partial charge in [-0.05, 0) is 61.7 Å². The van der Waals surface area contributed by atoms with Crippen molar-refractivity contribution >= 4 is 17.5 Å². The van der Waals surface area contributed by atoms with Gasteiger partial charge in [-0.3, -0.25) is 9.59 Å². The second kappa shape index (κ2) is 8.78. The molecule has 4 rings (SSSR count). The summed E-state index contributed by atoms with van der Waals surface area (Å²) in [4.78, 5) is 28.6. The number of carbonyl (C=O) groups excluding carboxylic acids is 2. The van der Waals surface area contributed by atoms with Crippen molar-refractivity contribution in [1.82, 2.24) is 10.3 Å². The first kappa shape index (κ1) is 21.5. The summed E-state index contributed by atoms with van der Waals surface area (Å²) in [6.07, 6.45) is 0.678. The van der Waals surface area contributed by atoms with Crippen LogP contribution < -0.4 is 16.4 Å². The molecule has 3 aromatic rings. The van der Waals surface area contributed by atoms with Crippen LogP contribution in [-0.2, 0) is 0 Å². The van der Waals surface area contributed by atoms with Gasteiger partial charge in [-0.25, -0.2) is 9.37 Å². The first-order valence-corrected chi connectivity index (χ1v) is 10.6. The number of halogens is 1. The molecule has 32 heavy (non-hydrogen) atoms. The average molecular weight is 432 g/mol. The number of nitrogens with one attached hydrogen (secondary N) is 2. The van der Waals surface area contributed by atoms with E-state index in [-0.39, 0.29) is 29.4 Å². The Labute approximate surface area is 186 Å². The molecule has 0 fully saturated rings. The van der Waals surface area contributed by atoms with Crippen LogP contribution in [-0.4, -0.2) is 29.4 Å². The number of aryl methyl sites for hydroxylation is 1. The fourth-order valence-electron chi connectivity index (χ4n) is 4.28. The number of nitrogens with two attached hydrogens (primary N) is 1. The number of hydrogen-bond donors (Lipinski definition) is 3. The zero-order chi connectivity index (χ0) is 22.8. The van der Waals surface area contributed by atoms with Gasteiger partial charge in [0.15, 0.2) is 0 Å². The quantitative estimate of drug-likeness (QED) is 0.548. The molecule has 0 saturated heterocycles. The summed E-state index contributed by atoms with van der Waals surface area (Å²) in [6, 6.07) is 15.3. The number of fused-ring (bicyclic) bond motifs is 1. The molecule has 1 aliphatic heterocycles. The van der Waals surface area contributed by atoms with Crippen LogP contribution in [0.5, 0.6) is 0 Å². The van der Waals surface area contributed by atoms with E-state index >= 15 is 0 Å². The Balaban J connectivity index is 1.44. The lowest BCUT2D eigenvalue weighted by molar-refractivity contribution is 0.0946. The fourth-order valence-corrected chi connectivity index (χ4v) is 4.28. The van der Waals surface area contributed by atoms with E-state index in [2.05, 4.69) is 15.6 Å². The molecular weight excluding hydrogens is 407 g/mol. The average Bonchev–Trinajstić information content (AvgIpc) is 3.14. The predicted octanol–water partition coefficient (Wildman–Crippen LogP) is 4.01. The number of amides is 2. The van der Waals surface area contributed by atoms with E-state index in [0.29, 0.717) is 35.5 Å². The third-order valence-corrected chi connectivity index (χ3v) is 5.92. The molecule has 0 bridgehead atoms. The van der Waals surface area contributed by atoms with Gasteiger partial charge in [0.25, 0.3) is 5.91 Å². The number of hydrogen-bond acceptors (Lipinski definition) is 4. The van der Waals surface area contributed by atoms with Gasteiger partial charge in [0.2, 0.25) is 5.91 Å². The maximum absolute atomic E-state index is 14.2. The van der Waals surface area contributed by atoms with Crippen molar-refractivity contribution in [3.05, 3.63) is 82.8 Å². The zero-order valence-corrected chi connectivity index (χ0v) is 18.0. The second-order valence-electron chi connectivity index (χ2n) is 8.09. The van der Waals surface area contributed by atoms with Gasteiger partial charge >= 0.3 is 0 Å². The molecule has 1 aliphatic rings. The van der Waals surface area contributed by atoms with Crippen LogP contribution in [0.2, 0.25) is 0 Å². The molecule has 2 aromatic carbocycles. The van der Waals surface area contributed by atoms with E-state index in [0.717, 1.165) is 11.1 Å². The van der Waals surface area contributed by atoms with Crippen molar-refractivity contribution in [2.24, 2.45) is 5.73 Å². The monoisotopic (exact) mass is 432 g/mol. The van der Waals surface area contributed by atoms with Crippen molar-refractivity contribution in [3.63, 3.8) is 0 Å². The summed E-state index contributed by atoms with van der Waals surface area (Å²) in [5.41, 5.74) is 9.90. The number of anilines is 1. The van der Waals surface area contributed by atoms with E-state index in [4.69, 9.17) is 5.73 Å². The van der Waals surface area contributed by atoms with Crippen LogP contribution in [0.4, 0.5) is 10.1 Å². The maximum Gasteiger partial charge on any atom is 0.269 e. The molecule has 0 spiro atoms. The smallest absolute Gasteiger partial charge is 0.269 e. The first-order chi connectivity index (χ1) is 15.3. The number of benzene rings is 2. The molecule has 0 saturated carbocycles. The van der Waals surface area contributed by atoms with Gasteiger partial charge in [0, 0.05) is 29.6 Å². The lowest BCUT2D eigenvalue weighted by Gasteiger charge is -2.17. The van der Waals surface area contributed by atoms with E-state index in [9.17, 15) is 14.0 Å². The molecule has 2 heterocycles. The summed E-state index contributed by atoms with van der Waals surface area (Å²) < 4.78 is 14.2. The first-order valence-electron chi connectivity index (χ1n) is 10.6. The minimum Gasteiger partial charge on any atom is -0.379 e. The van der Waals surface area contributed by atoms with Crippen molar-refractivity contribution in [2.45, 2.75) is 32.2 Å². The van der Waals surface area contributed by atoms with Crippen molar-refractivity contribution < 1.29 is 14.0 Å². The van der Waals surface area contributed by atoms with Crippen molar-refractivity contribution in [3.8, 4) is 11.3 Å². The number of rotatable bonds is 6. The normalized spacial score (nSPS) is 16.8. The van der Waals surface area contributed by atoms with Gasteiger partial charge in [-0.2, -0.15) is 0 Å². The van der Waals surface area contributed by atoms with Crippen LogP contribution in [0.1, 0.15) is 51.2 Å². The van der Waals surface area contributed by atoms with Crippen molar-refractivity contribution in [1.29, 1.82) is 0 Å². The summed E-state index contributed by atoms with van der Waals surface area (Å²) >= 11 is 0. The minimum atomic E-state index is -0.520. The lowest BCUT2D eigenvalue weighted by atomic mass is 9.89. The zero-order valence-electron chi connectivity index (χ0n) is 18.0. The molecular formula is C25H25FN4O2. The Bertz CT molecular complexity index is 1190. The highest BCUT2D eigenvalue weighted by atomic mass is 19.1. The summed E-state index contributed by atoms with van der Waals surface area (Å²) in [7, 11) is 0. The molecule has 164 valence electrons. The third-order valence-electron chi connectivity index (χ3n) is 5.92. The van der Waals surface area contributed by atoms with Gasteiger partial charge < -0.3 is 16.4 Å². The maximum atomic E-state index is 14.2. The van der Waals surface area contributed by atoms with E-state index in [1.807, 2.05) is 19.9 Å². The van der Waals surface area contributed by atoms with E-state index in [1.165, 1.54) is 6.07 Å². The second-order valence-corrected chi connectivity index (χ2v) is 8.09. The van der Waals surface area contributed by atoms with Crippen LogP contribution in [0.15, 0.2) is 54.6 Å². The van der Waals surface area contributed by atoms with Crippen LogP contribution in [0.25, 0.3) is 11.3 Å². The lowest BCUT2D eigenvalue weighted by Crippen LogP contribution is -2.28. The highest BCUT2D eigenvalue weighted by molar-refractivity contribution is 5.94. The number of primary amides is 1. The van der Waals surface area contributed by atoms with Gasteiger partial charge in [0.1, 0.15) is 11.5 Å². The molecule has 4 N–H and O–H groups in total. The molecule has 6 nitrogen and oxygen atoms in total. The van der Waals surface area contributed by atoms with Gasteiger partial charge in [0.05, 0.1) is 11.4 Å². The summed E-state index contributed by atoms with van der Waals surface area (Å²) in [5, 5.41) is 6.15. The number of carbonyl (C=O) groups is 2. The van der Waals surface area contributed by atoms with Crippen LogP contribution in [0, 0.1) is 12.7 Å². The number of nitrogens with zero attached hydrogens (tertiary/aromatic N) is 1. The Kier molecular flexibility index (Phi) is 5.90. The molecule has 2 unspecified atom stereocenters. The molecule has 1 aromatic heterocycles. The molecule has 0 aliphatic carbocycles. The number of pyridine rings is 1. The topological polar surface area (TPSA) is 97.1 Å². The standard InChI is InChI=1S/C25H25FN4O2/c1-14-9-10-19(26)23-22(14)18(15(2)29-23)11-12-28-25(32)21-8-4-7-20(30-21)16-5-3-6-17(13-16)24(27)31/h3-10,13,15,18,29H,11-12H2,1-2H3,(H2,27,31)(H,28,32). The third kappa shape index (κ3) is 4.19. The van der Waals surface area contributed by atoms with Crippen LogP contribution in [0.3, 0.4) is 0 Å². The Morgan fingerprint density at radius 2 is 1.94 bits per heavy atom. The molecule has 0 radical (unpaired) electrons. The molecule has 2 amide bonds. The Morgan fingerprint density at radius 3 is 2.72 bits per heavy atom. The Hall–Kier alpha value is -3.74. The van der Waals surface area contributed by atoms with E-state index in [1.54, 1.807) is 42.5 Å². The molecule has 7 heteroatoms. The summed E-state index contributed by atoms with van der Waals surface area (Å²) in [6.45, 7) is 4.44. The highest BCUT2D eigenvalue weighted by Crippen LogP contribution is 2.41. The number of aromatic nitrogens is 1. The van der Waals surface area contributed by atoms with Crippen molar-refractivity contribution in [2.75, 3.05) is 11.9 Å². The van der Waals surface area contributed by atoms with Gasteiger partial charge in [-0.1, -0.05) is 24.3 Å². The largest absolute Gasteiger partial charge is 0.379 e. The predicted molar refractivity (Wildman–Crippen MR) is 122 cm³/mol. The van der Waals surface area contributed by atoms with Gasteiger partial charge in [-0.15, -0.1) is 0 Å². The Morgan fingerprint density at radius 1 is 1.16 bits per heavy atom. The molecule has 2 atom stereocenters.